The molecule has 1 heterocycles. The molecule has 0 saturated heterocycles. The van der Waals surface area contributed by atoms with Crippen molar-refractivity contribution in [3.63, 3.8) is 0 Å². The number of carbonyl (C=O) groups excluding carboxylic acids is 1. The molecule has 0 bridgehead atoms. The van der Waals surface area contributed by atoms with Crippen molar-refractivity contribution in [1.29, 1.82) is 0 Å². The van der Waals surface area contributed by atoms with Crippen molar-refractivity contribution in [1.82, 2.24) is 0 Å². The van der Waals surface area contributed by atoms with Crippen molar-refractivity contribution < 1.29 is 4.79 Å². The van der Waals surface area contributed by atoms with Gasteiger partial charge in [0, 0.05) is 10.4 Å². The number of carbonyl (C=O) groups is 1. The van der Waals surface area contributed by atoms with Crippen molar-refractivity contribution in [3.05, 3.63) is 20.8 Å². The van der Waals surface area contributed by atoms with Crippen LogP contribution < -0.4 is 0 Å². The molecule has 0 spiro atoms. The van der Waals surface area contributed by atoms with Crippen LogP contribution in [0, 0.1) is 6.92 Å². The number of alkyl halides is 1. The second kappa shape index (κ2) is 3.70. The maximum atomic E-state index is 11.1. The van der Waals surface area contributed by atoms with Gasteiger partial charge in [0.2, 0.25) is 0 Å². The Balaban J connectivity index is 3.03. The smallest absolute Gasteiger partial charge is 0.174 e. The van der Waals surface area contributed by atoms with E-state index in [-0.39, 0.29) is 5.78 Å². The van der Waals surface area contributed by atoms with Crippen LogP contribution in [0.1, 0.15) is 15.2 Å². The van der Waals surface area contributed by atoms with Gasteiger partial charge in [0.15, 0.2) is 5.78 Å². The number of rotatable bonds is 2. The summed E-state index contributed by atoms with van der Waals surface area (Å²) < 4.78 is 0.673. The molecule has 0 saturated carbocycles. The van der Waals surface area contributed by atoms with E-state index in [1.807, 2.05) is 6.92 Å². The van der Waals surface area contributed by atoms with Crippen LogP contribution in [0.5, 0.6) is 0 Å². The fourth-order valence-corrected chi connectivity index (χ4v) is 2.30. The number of halogens is 2. The van der Waals surface area contributed by atoms with Gasteiger partial charge >= 0.3 is 0 Å². The summed E-state index contributed by atoms with van der Waals surface area (Å²) in [5.74, 6) is 0.0886. The number of Topliss-reactive ketones (excluding diaryl/α,β-unsaturated/α-hetero) is 1. The highest BCUT2D eigenvalue weighted by Crippen LogP contribution is 2.26. The number of hydrogen-bond acceptors (Lipinski definition) is 2. The molecule has 1 nitrogen and oxygen atoms in total. The molecule has 11 heavy (non-hydrogen) atoms. The van der Waals surface area contributed by atoms with E-state index in [1.165, 1.54) is 11.3 Å². The number of aryl methyl sites for hydroxylation is 1. The van der Waals surface area contributed by atoms with Crippen molar-refractivity contribution in [3.8, 4) is 0 Å². The zero-order valence-electron chi connectivity index (χ0n) is 5.86. The number of ketones is 1. The largest absolute Gasteiger partial charge is 0.293 e. The normalized spacial score (nSPS) is 10.1. The van der Waals surface area contributed by atoms with Crippen LogP contribution in [0.4, 0.5) is 0 Å². The Labute approximate surface area is 82.5 Å². The summed E-state index contributed by atoms with van der Waals surface area (Å²) in [6.07, 6.45) is 0. The second-order valence-corrected chi connectivity index (χ2v) is 4.53. The van der Waals surface area contributed by atoms with Crippen LogP contribution in [-0.2, 0) is 0 Å². The van der Waals surface area contributed by atoms with Gasteiger partial charge in [-0.15, -0.1) is 11.3 Å². The molecule has 0 radical (unpaired) electrons. The van der Waals surface area contributed by atoms with Gasteiger partial charge < -0.3 is 0 Å². The molecular formula is C7H6BrClOS. The quantitative estimate of drug-likeness (QED) is 0.584. The third-order valence-electron chi connectivity index (χ3n) is 1.31. The van der Waals surface area contributed by atoms with E-state index in [0.717, 1.165) is 10.4 Å². The molecule has 0 amide bonds. The van der Waals surface area contributed by atoms with Crippen molar-refractivity contribution in [2.75, 3.05) is 5.33 Å². The van der Waals surface area contributed by atoms with Crippen LogP contribution in [0.3, 0.4) is 0 Å². The minimum Gasteiger partial charge on any atom is -0.293 e. The summed E-state index contributed by atoms with van der Waals surface area (Å²) in [5, 5.41) is 0.362. The fraction of sp³-hybridized carbons (Fsp3) is 0.286. The first-order chi connectivity index (χ1) is 5.15. The SMILES string of the molecule is Cc1sc(Cl)cc1C(=O)CBr. The minimum atomic E-state index is 0.0886. The molecule has 4 heteroatoms. The standard InChI is InChI=1S/C7H6BrClOS/c1-4-5(6(10)3-8)2-7(9)11-4/h2H,3H2,1H3. The van der Waals surface area contributed by atoms with E-state index >= 15 is 0 Å². The van der Waals surface area contributed by atoms with E-state index in [0.29, 0.717) is 9.67 Å². The molecule has 0 aliphatic rings. The summed E-state index contributed by atoms with van der Waals surface area (Å²) in [5.41, 5.74) is 0.733. The summed E-state index contributed by atoms with van der Waals surface area (Å²) in [4.78, 5) is 12.1. The summed E-state index contributed by atoms with van der Waals surface area (Å²) in [6, 6.07) is 1.71. The maximum Gasteiger partial charge on any atom is 0.174 e. The first-order valence-electron chi connectivity index (χ1n) is 3.00. The zero-order chi connectivity index (χ0) is 8.43. The minimum absolute atomic E-state index is 0.0886. The van der Waals surface area contributed by atoms with E-state index in [9.17, 15) is 4.79 Å². The summed E-state index contributed by atoms with van der Waals surface area (Å²) in [7, 11) is 0. The Morgan fingerprint density at radius 2 is 2.45 bits per heavy atom. The summed E-state index contributed by atoms with van der Waals surface area (Å²) in [6.45, 7) is 1.90. The van der Waals surface area contributed by atoms with E-state index in [4.69, 9.17) is 11.6 Å². The van der Waals surface area contributed by atoms with Crippen LogP contribution in [0.25, 0.3) is 0 Å². The molecule has 1 rings (SSSR count). The maximum absolute atomic E-state index is 11.1. The molecule has 0 N–H and O–H groups in total. The predicted octanol–water partition coefficient (Wildman–Crippen LogP) is 3.29. The third-order valence-corrected chi connectivity index (χ3v) is 3.00. The zero-order valence-corrected chi connectivity index (χ0v) is 9.02. The lowest BCUT2D eigenvalue weighted by Crippen LogP contribution is -1.98. The van der Waals surface area contributed by atoms with Crippen molar-refractivity contribution in [2.24, 2.45) is 0 Å². The van der Waals surface area contributed by atoms with Crippen LogP contribution in [0.15, 0.2) is 6.07 Å². The average molecular weight is 254 g/mol. The molecule has 0 unspecified atom stereocenters. The topological polar surface area (TPSA) is 17.1 Å². The molecule has 0 fully saturated rings. The molecule has 0 aromatic carbocycles. The van der Waals surface area contributed by atoms with Crippen LogP contribution >= 0.6 is 38.9 Å². The van der Waals surface area contributed by atoms with Gasteiger partial charge in [-0.2, -0.15) is 0 Å². The van der Waals surface area contributed by atoms with Gasteiger partial charge in [0.1, 0.15) is 0 Å². The molecule has 1 aromatic heterocycles. The molecular weight excluding hydrogens is 247 g/mol. The first kappa shape index (κ1) is 9.23. The molecule has 60 valence electrons. The fourth-order valence-electron chi connectivity index (χ4n) is 0.795. The lowest BCUT2D eigenvalue weighted by atomic mass is 10.2. The monoisotopic (exact) mass is 252 g/mol. The highest BCUT2D eigenvalue weighted by atomic mass is 79.9. The molecule has 0 aliphatic carbocycles. The van der Waals surface area contributed by atoms with Crippen LogP contribution in [0.2, 0.25) is 4.34 Å². The van der Waals surface area contributed by atoms with Gasteiger partial charge in [-0.1, -0.05) is 27.5 Å². The van der Waals surface area contributed by atoms with Gasteiger partial charge in [0.25, 0.3) is 0 Å². The number of hydrogen-bond donors (Lipinski definition) is 0. The van der Waals surface area contributed by atoms with Gasteiger partial charge in [-0.3, -0.25) is 4.79 Å². The van der Waals surface area contributed by atoms with Crippen molar-refractivity contribution >= 4 is 44.7 Å². The second-order valence-electron chi connectivity index (χ2n) is 2.08. The Morgan fingerprint density at radius 1 is 1.82 bits per heavy atom. The Kier molecular flexibility index (Phi) is 3.10. The van der Waals surface area contributed by atoms with Gasteiger partial charge in [0.05, 0.1) is 9.67 Å². The lowest BCUT2D eigenvalue weighted by Gasteiger charge is -1.91. The highest BCUT2D eigenvalue weighted by Gasteiger charge is 2.10. The lowest BCUT2D eigenvalue weighted by molar-refractivity contribution is 0.102. The van der Waals surface area contributed by atoms with E-state index < -0.39 is 0 Å². The van der Waals surface area contributed by atoms with Crippen molar-refractivity contribution in [2.45, 2.75) is 6.92 Å². The molecule has 0 atom stereocenters. The first-order valence-corrected chi connectivity index (χ1v) is 5.32. The van der Waals surface area contributed by atoms with E-state index in [1.54, 1.807) is 6.07 Å². The Morgan fingerprint density at radius 3 is 2.82 bits per heavy atom. The van der Waals surface area contributed by atoms with E-state index in [2.05, 4.69) is 15.9 Å². The summed E-state index contributed by atoms with van der Waals surface area (Å²) >= 11 is 10.3. The Bertz CT molecular complexity index is 282. The van der Waals surface area contributed by atoms with Gasteiger partial charge in [-0.05, 0) is 13.0 Å². The molecule has 0 aliphatic heterocycles. The number of thiophene rings is 1. The highest BCUT2D eigenvalue weighted by molar-refractivity contribution is 9.09. The third kappa shape index (κ3) is 2.04. The van der Waals surface area contributed by atoms with Crippen LogP contribution in [-0.4, -0.2) is 11.1 Å². The predicted molar refractivity (Wildman–Crippen MR) is 52.2 cm³/mol. The van der Waals surface area contributed by atoms with Gasteiger partial charge in [-0.25, -0.2) is 0 Å². The average Bonchev–Trinajstić information content (AvgIpc) is 2.28. The Hall–Kier alpha value is 0.140. The molecule has 1 aromatic rings.